The molecule has 4 aromatic rings. The molecule has 0 saturated heterocycles. The highest BCUT2D eigenvalue weighted by Gasteiger charge is 2.18. The first-order valence-corrected chi connectivity index (χ1v) is 10.1. The van der Waals surface area contributed by atoms with Crippen molar-refractivity contribution in [2.45, 2.75) is 19.3 Å². The Morgan fingerprint density at radius 1 is 1.13 bits per heavy atom. The molecule has 150 valence electrons. The lowest BCUT2D eigenvalue weighted by Crippen LogP contribution is -2.11. The second-order valence-electron chi connectivity index (χ2n) is 7.89. The van der Waals surface area contributed by atoms with Gasteiger partial charge in [-0.05, 0) is 47.7 Å². The van der Waals surface area contributed by atoms with Crippen LogP contribution < -0.4 is 10.2 Å². The lowest BCUT2D eigenvalue weighted by molar-refractivity contribution is 1.06. The van der Waals surface area contributed by atoms with Crippen molar-refractivity contribution in [3.05, 3.63) is 83.4 Å². The third kappa shape index (κ3) is 3.20. The second kappa shape index (κ2) is 7.30. The van der Waals surface area contributed by atoms with E-state index in [4.69, 9.17) is 10.4 Å². The highest BCUT2D eigenvalue weighted by Crippen LogP contribution is 2.30. The summed E-state index contributed by atoms with van der Waals surface area (Å²) < 4.78 is 2.05. The summed E-state index contributed by atoms with van der Waals surface area (Å²) in [5.74, 6) is 0.953. The molecule has 0 spiro atoms. The largest absolute Gasteiger partial charge is 0.377 e. The zero-order valence-electron chi connectivity index (χ0n) is 17.2. The Kier molecular flexibility index (Phi) is 4.47. The van der Waals surface area contributed by atoms with Crippen molar-refractivity contribution < 1.29 is 0 Å². The van der Waals surface area contributed by atoms with Crippen LogP contribution in [0.25, 0.3) is 5.65 Å². The van der Waals surface area contributed by atoms with E-state index in [-0.39, 0.29) is 0 Å². The summed E-state index contributed by atoms with van der Waals surface area (Å²) in [5, 5.41) is 11.7. The topological polar surface area (TPSA) is 69.3 Å². The van der Waals surface area contributed by atoms with E-state index in [9.17, 15) is 0 Å². The fourth-order valence-electron chi connectivity index (χ4n) is 4.19. The molecule has 0 atom stereocenters. The van der Waals surface area contributed by atoms with Gasteiger partial charge in [-0.15, -0.1) is 0 Å². The van der Waals surface area contributed by atoms with E-state index in [0.717, 1.165) is 47.0 Å². The molecular weight excluding hydrogens is 372 g/mol. The molecular formula is C24H24N6. The number of anilines is 3. The Balaban J connectivity index is 1.56. The van der Waals surface area contributed by atoms with Crippen molar-refractivity contribution in [1.82, 2.24) is 14.4 Å². The summed E-state index contributed by atoms with van der Waals surface area (Å²) in [7, 11) is 4.13. The van der Waals surface area contributed by atoms with Crippen LogP contribution >= 0.6 is 0 Å². The van der Waals surface area contributed by atoms with Crippen LogP contribution in [0.1, 0.15) is 28.8 Å². The fourth-order valence-corrected chi connectivity index (χ4v) is 4.19. The van der Waals surface area contributed by atoms with Gasteiger partial charge in [-0.2, -0.15) is 0 Å². The Bertz CT molecular complexity index is 1250. The number of rotatable bonds is 5. The first-order chi connectivity index (χ1) is 14.6. The Morgan fingerprint density at radius 2 is 2.00 bits per heavy atom. The van der Waals surface area contributed by atoms with Gasteiger partial charge in [-0.25, -0.2) is 4.98 Å². The number of hydrogen-bond donors (Lipinski definition) is 2. The van der Waals surface area contributed by atoms with Gasteiger partial charge in [0.2, 0.25) is 0 Å². The maximum Gasteiger partial charge on any atom is 0.157 e. The maximum atomic E-state index is 8.07. The number of para-hydroxylation sites is 1. The van der Waals surface area contributed by atoms with Crippen LogP contribution in [0.15, 0.2) is 61.1 Å². The number of benzene rings is 2. The molecule has 0 aliphatic heterocycles. The molecule has 0 bridgehead atoms. The number of aromatic nitrogens is 3. The predicted molar refractivity (Wildman–Crippen MR) is 121 cm³/mol. The normalized spacial score (nSPS) is 12.9. The quantitative estimate of drug-likeness (QED) is 0.523. The molecule has 30 heavy (non-hydrogen) atoms. The van der Waals surface area contributed by atoms with E-state index in [1.165, 1.54) is 16.8 Å². The highest BCUT2D eigenvalue weighted by molar-refractivity contribution is 6.02. The molecule has 0 radical (unpaired) electrons. The molecule has 2 aromatic carbocycles. The van der Waals surface area contributed by atoms with E-state index in [0.29, 0.717) is 6.42 Å². The standard InChI is InChI=1S/C24H24N6/c1-29(2)22-6-4-3-5-17(22)14-21-24(30-12-11-26-15-23(30)28-21)27-18-8-9-19-16(13-18)7-10-20(19)25/h3-6,8-9,11-13,15,25,27H,7,10,14H2,1-2H3. The monoisotopic (exact) mass is 396 g/mol. The molecule has 2 N–H and O–H groups in total. The summed E-state index contributed by atoms with van der Waals surface area (Å²) in [5.41, 5.74) is 8.27. The Hall–Kier alpha value is -3.67. The highest BCUT2D eigenvalue weighted by atomic mass is 15.1. The molecule has 0 unspecified atom stereocenters. The van der Waals surface area contributed by atoms with Crippen LogP contribution in [0.4, 0.5) is 17.2 Å². The molecule has 0 saturated carbocycles. The van der Waals surface area contributed by atoms with E-state index in [1.807, 2.05) is 6.20 Å². The van der Waals surface area contributed by atoms with Gasteiger partial charge in [-0.1, -0.05) is 24.3 Å². The zero-order chi connectivity index (χ0) is 20.7. The average molecular weight is 396 g/mol. The van der Waals surface area contributed by atoms with Crippen molar-refractivity contribution in [2.24, 2.45) is 0 Å². The molecule has 2 aromatic heterocycles. The number of hydrogen-bond acceptors (Lipinski definition) is 5. The lowest BCUT2D eigenvalue weighted by atomic mass is 10.1. The smallest absolute Gasteiger partial charge is 0.157 e. The zero-order valence-corrected chi connectivity index (χ0v) is 17.2. The molecule has 1 aliphatic rings. The molecule has 0 fully saturated rings. The van der Waals surface area contributed by atoms with Gasteiger partial charge in [0.05, 0.1) is 11.9 Å². The van der Waals surface area contributed by atoms with Crippen LogP contribution in [-0.4, -0.2) is 34.2 Å². The summed E-state index contributed by atoms with van der Waals surface area (Å²) >= 11 is 0. The van der Waals surface area contributed by atoms with Gasteiger partial charge in [0, 0.05) is 50.0 Å². The minimum atomic E-state index is 0.716. The van der Waals surface area contributed by atoms with Crippen LogP contribution in [0.2, 0.25) is 0 Å². The van der Waals surface area contributed by atoms with E-state index in [1.54, 1.807) is 12.4 Å². The predicted octanol–water partition coefficient (Wildman–Crippen LogP) is 4.44. The second-order valence-corrected chi connectivity index (χ2v) is 7.89. The van der Waals surface area contributed by atoms with Crippen LogP contribution in [0, 0.1) is 5.41 Å². The molecule has 0 amide bonds. The third-order valence-corrected chi connectivity index (χ3v) is 5.67. The van der Waals surface area contributed by atoms with Crippen LogP contribution in [0.5, 0.6) is 0 Å². The van der Waals surface area contributed by atoms with E-state index in [2.05, 4.69) is 76.2 Å². The molecule has 5 rings (SSSR count). The Labute approximate surface area is 175 Å². The van der Waals surface area contributed by atoms with Crippen molar-refractivity contribution in [1.29, 1.82) is 5.41 Å². The Morgan fingerprint density at radius 3 is 2.87 bits per heavy atom. The molecule has 2 heterocycles. The van der Waals surface area contributed by atoms with E-state index < -0.39 is 0 Å². The molecule has 6 nitrogen and oxygen atoms in total. The van der Waals surface area contributed by atoms with Crippen LogP contribution in [-0.2, 0) is 12.8 Å². The lowest BCUT2D eigenvalue weighted by Gasteiger charge is -2.17. The number of nitrogens with one attached hydrogen (secondary N) is 2. The van der Waals surface area contributed by atoms with Gasteiger partial charge >= 0.3 is 0 Å². The minimum Gasteiger partial charge on any atom is -0.377 e. The maximum absolute atomic E-state index is 8.07. The summed E-state index contributed by atoms with van der Waals surface area (Å²) in [4.78, 5) is 11.2. The van der Waals surface area contributed by atoms with Crippen molar-refractivity contribution in [2.75, 3.05) is 24.3 Å². The third-order valence-electron chi connectivity index (χ3n) is 5.67. The van der Waals surface area contributed by atoms with Crippen molar-refractivity contribution in [3.8, 4) is 0 Å². The first kappa shape index (κ1) is 18.4. The van der Waals surface area contributed by atoms with Gasteiger partial charge in [0.1, 0.15) is 5.82 Å². The first-order valence-electron chi connectivity index (χ1n) is 10.1. The molecule has 6 heteroatoms. The number of fused-ring (bicyclic) bond motifs is 2. The van der Waals surface area contributed by atoms with Gasteiger partial charge in [0.15, 0.2) is 5.65 Å². The summed E-state index contributed by atoms with van der Waals surface area (Å²) in [6, 6.07) is 14.7. The van der Waals surface area contributed by atoms with Crippen molar-refractivity contribution in [3.63, 3.8) is 0 Å². The van der Waals surface area contributed by atoms with Gasteiger partial charge in [0.25, 0.3) is 0 Å². The minimum absolute atomic E-state index is 0.716. The van der Waals surface area contributed by atoms with Gasteiger partial charge in [-0.3, -0.25) is 9.38 Å². The number of aryl methyl sites for hydroxylation is 1. The summed E-state index contributed by atoms with van der Waals surface area (Å²) in [6.07, 6.45) is 7.98. The van der Waals surface area contributed by atoms with Gasteiger partial charge < -0.3 is 15.6 Å². The number of nitrogens with zero attached hydrogens (tertiary/aromatic N) is 4. The van der Waals surface area contributed by atoms with Crippen LogP contribution in [0.3, 0.4) is 0 Å². The van der Waals surface area contributed by atoms with Crippen molar-refractivity contribution >= 4 is 28.6 Å². The summed E-state index contributed by atoms with van der Waals surface area (Å²) in [6.45, 7) is 0. The molecule has 1 aliphatic carbocycles. The average Bonchev–Trinajstić information content (AvgIpc) is 3.29. The van der Waals surface area contributed by atoms with E-state index >= 15 is 0 Å². The number of imidazole rings is 1. The SMILES string of the molecule is CN(C)c1ccccc1Cc1nc2cnccn2c1Nc1ccc2c(c1)CCC2=N. The fraction of sp³-hybridized carbons (Fsp3) is 0.208.